The highest BCUT2D eigenvalue weighted by molar-refractivity contribution is 7.13. The Balaban J connectivity index is 1.28. The summed E-state index contributed by atoms with van der Waals surface area (Å²) in [4.78, 5) is 57.8. The number of β-amino-alcohol motifs (C(OH)–C–C–N with tert-alkyl or cyclic N) is 1. The molecule has 3 aromatic rings. The highest BCUT2D eigenvalue weighted by Gasteiger charge is 2.44. The first-order valence-electron chi connectivity index (χ1n) is 16.3. The maximum absolute atomic E-state index is 13.9. The van der Waals surface area contributed by atoms with Crippen LogP contribution in [0.5, 0.6) is 5.75 Å². The molecule has 1 saturated heterocycles. The van der Waals surface area contributed by atoms with E-state index in [0.29, 0.717) is 12.2 Å². The number of carboxylic acids is 1. The largest absolute Gasteiger partial charge is 0.491 e. The number of hydrogen-bond acceptors (Lipinski definition) is 9. The van der Waals surface area contributed by atoms with Gasteiger partial charge in [0.15, 0.2) is 0 Å². The van der Waals surface area contributed by atoms with Gasteiger partial charge in [-0.15, -0.1) is 11.3 Å². The van der Waals surface area contributed by atoms with E-state index in [4.69, 9.17) is 14.6 Å². The van der Waals surface area contributed by atoms with Gasteiger partial charge in [0.05, 0.1) is 34.8 Å². The fourth-order valence-electron chi connectivity index (χ4n) is 5.61. The molecule has 0 spiro atoms. The third-order valence-corrected chi connectivity index (χ3v) is 9.32. The van der Waals surface area contributed by atoms with Crippen molar-refractivity contribution in [2.24, 2.45) is 5.41 Å². The van der Waals surface area contributed by atoms with Gasteiger partial charge in [-0.25, -0.2) is 4.98 Å². The molecule has 49 heavy (non-hydrogen) atoms. The van der Waals surface area contributed by atoms with Crippen molar-refractivity contribution in [3.63, 3.8) is 0 Å². The van der Waals surface area contributed by atoms with Crippen LogP contribution < -0.4 is 15.4 Å². The lowest BCUT2D eigenvalue weighted by molar-refractivity contribution is -0.144. The van der Waals surface area contributed by atoms with Gasteiger partial charge in [0.25, 0.3) is 0 Å². The molecule has 264 valence electrons. The maximum atomic E-state index is 13.9. The van der Waals surface area contributed by atoms with Crippen LogP contribution in [0.2, 0.25) is 0 Å². The Bertz CT molecular complexity index is 1590. The number of thiazole rings is 1. The number of aliphatic hydroxyl groups excluding tert-OH is 1. The monoisotopic (exact) mass is 694 g/mol. The zero-order valence-corrected chi connectivity index (χ0v) is 29.4. The van der Waals surface area contributed by atoms with Gasteiger partial charge < -0.3 is 35.2 Å². The molecule has 3 amide bonds. The number of aliphatic carboxylic acids is 1. The average molecular weight is 695 g/mol. The minimum atomic E-state index is -0.972. The van der Waals surface area contributed by atoms with Crippen LogP contribution in [-0.4, -0.2) is 88.3 Å². The van der Waals surface area contributed by atoms with Crippen molar-refractivity contribution in [1.29, 1.82) is 0 Å². The van der Waals surface area contributed by atoms with Gasteiger partial charge in [-0.3, -0.25) is 19.2 Å². The molecule has 1 fully saturated rings. The molecular formula is C36H46N4O8S. The van der Waals surface area contributed by atoms with Gasteiger partial charge >= 0.3 is 5.97 Å². The molecular weight excluding hydrogens is 648 g/mol. The van der Waals surface area contributed by atoms with E-state index in [1.165, 1.54) is 4.90 Å². The lowest BCUT2D eigenvalue weighted by Gasteiger charge is -2.35. The molecule has 2 unspecified atom stereocenters. The number of aliphatic hydroxyl groups is 1. The van der Waals surface area contributed by atoms with E-state index in [-0.39, 0.29) is 51.2 Å². The summed E-state index contributed by atoms with van der Waals surface area (Å²) in [5.74, 6) is -1.59. The lowest BCUT2D eigenvalue weighted by Crippen LogP contribution is -2.58. The second-order valence-electron chi connectivity index (χ2n) is 13.3. The number of aryl methyl sites for hydroxylation is 2. The fourth-order valence-corrected chi connectivity index (χ4v) is 6.42. The van der Waals surface area contributed by atoms with Crippen LogP contribution in [-0.2, 0) is 30.3 Å². The Morgan fingerprint density at radius 3 is 2.35 bits per heavy atom. The zero-order valence-electron chi connectivity index (χ0n) is 28.6. The number of amides is 3. The predicted octanol–water partition coefficient (Wildman–Crippen LogP) is 3.90. The zero-order chi connectivity index (χ0) is 35.7. The predicted molar refractivity (Wildman–Crippen MR) is 185 cm³/mol. The van der Waals surface area contributed by atoms with E-state index in [0.717, 1.165) is 27.3 Å². The first kappa shape index (κ1) is 37.5. The molecule has 1 aliphatic rings. The van der Waals surface area contributed by atoms with Crippen molar-refractivity contribution in [3.8, 4) is 16.2 Å². The molecule has 0 bridgehead atoms. The fraction of sp³-hybridized carbons (Fsp3) is 0.472. The summed E-state index contributed by atoms with van der Waals surface area (Å²) in [7, 11) is 0. The molecule has 2 heterocycles. The van der Waals surface area contributed by atoms with Crippen molar-refractivity contribution in [2.45, 2.75) is 78.1 Å². The average Bonchev–Trinajstić information content (AvgIpc) is 3.67. The first-order chi connectivity index (χ1) is 23.2. The third-order valence-electron chi connectivity index (χ3n) is 8.34. The number of carbonyl (C=O) groups is 4. The summed E-state index contributed by atoms with van der Waals surface area (Å²) >= 11 is 1.57. The standard InChI is InChI=1S/C36H46N4O8S/c1-22(25-9-11-26(12-10-25)32-23(2)37-21-49-32)38-34(45)29-18-27(41)19-40(29)35(46)33(36(3,4)5)39-30(42)20-47-16-17-48-28-13-6-24(7-14-28)8-15-31(43)44/h6-7,9-14,21-22,27,29,33,41H,8,15-20H2,1-5H3,(H,38,45)(H,39,42)(H,43,44)/t22?,27-,29+,33?/m1/s1. The van der Waals surface area contributed by atoms with Crippen molar-refractivity contribution in [1.82, 2.24) is 20.5 Å². The summed E-state index contributed by atoms with van der Waals surface area (Å²) in [6, 6.07) is 12.8. The number of aromatic nitrogens is 1. The normalized spacial score (nSPS) is 17.3. The molecule has 13 heteroatoms. The number of benzene rings is 2. The molecule has 1 aromatic heterocycles. The molecule has 12 nitrogen and oxygen atoms in total. The summed E-state index contributed by atoms with van der Waals surface area (Å²) in [6.07, 6.45) is -0.302. The molecule has 1 aliphatic heterocycles. The Morgan fingerprint density at radius 1 is 1.04 bits per heavy atom. The molecule has 0 saturated carbocycles. The quantitative estimate of drug-likeness (QED) is 0.173. The van der Waals surface area contributed by atoms with E-state index >= 15 is 0 Å². The Hall–Kier alpha value is -4.33. The van der Waals surface area contributed by atoms with Crippen LogP contribution in [0.1, 0.15) is 63.4 Å². The van der Waals surface area contributed by atoms with Crippen LogP contribution in [0.4, 0.5) is 0 Å². The molecule has 0 aliphatic carbocycles. The van der Waals surface area contributed by atoms with Crippen LogP contribution in [0.15, 0.2) is 54.0 Å². The van der Waals surface area contributed by atoms with E-state index in [9.17, 15) is 24.3 Å². The second-order valence-corrected chi connectivity index (χ2v) is 14.2. The Kier molecular flexibility index (Phi) is 12.9. The first-order valence-corrected chi connectivity index (χ1v) is 17.2. The van der Waals surface area contributed by atoms with Crippen LogP contribution in [0.25, 0.3) is 10.4 Å². The summed E-state index contributed by atoms with van der Waals surface area (Å²) in [5.41, 5.74) is 4.90. The van der Waals surface area contributed by atoms with Crippen LogP contribution in [0.3, 0.4) is 0 Å². The topological polar surface area (TPSA) is 167 Å². The number of carboxylic acid groups (broad SMARTS) is 1. The summed E-state index contributed by atoms with van der Waals surface area (Å²) in [6.45, 7) is 9.26. The van der Waals surface area contributed by atoms with Gasteiger partial charge in [0.2, 0.25) is 17.7 Å². The van der Waals surface area contributed by atoms with Crippen molar-refractivity contribution >= 4 is 35.0 Å². The molecule has 4 N–H and O–H groups in total. The van der Waals surface area contributed by atoms with E-state index in [1.54, 1.807) is 35.6 Å². The number of likely N-dealkylation sites (tertiary alicyclic amines) is 1. The summed E-state index contributed by atoms with van der Waals surface area (Å²) in [5, 5.41) is 25.1. The van der Waals surface area contributed by atoms with Crippen molar-refractivity contribution in [3.05, 3.63) is 70.9 Å². The van der Waals surface area contributed by atoms with Gasteiger partial charge in [0.1, 0.15) is 31.0 Å². The van der Waals surface area contributed by atoms with Gasteiger partial charge in [-0.05, 0) is 54.5 Å². The minimum Gasteiger partial charge on any atom is -0.491 e. The van der Waals surface area contributed by atoms with Gasteiger partial charge in [-0.1, -0.05) is 57.2 Å². The molecule has 4 atom stereocenters. The van der Waals surface area contributed by atoms with E-state index in [1.807, 2.05) is 64.4 Å². The number of carbonyl (C=O) groups excluding carboxylic acids is 3. The number of rotatable bonds is 15. The number of ether oxygens (including phenoxy) is 2. The van der Waals surface area contributed by atoms with Gasteiger partial charge in [-0.2, -0.15) is 0 Å². The number of nitrogens with one attached hydrogen (secondary N) is 2. The highest BCUT2D eigenvalue weighted by Crippen LogP contribution is 2.29. The summed E-state index contributed by atoms with van der Waals surface area (Å²) < 4.78 is 11.1. The minimum absolute atomic E-state index is 0.0228. The molecule has 4 rings (SSSR count). The van der Waals surface area contributed by atoms with E-state index in [2.05, 4.69) is 15.6 Å². The van der Waals surface area contributed by atoms with Crippen molar-refractivity contribution < 1.29 is 38.9 Å². The van der Waals surface area contributed by atoms with E-state index < -0.39 is 41.4 Å². The number of hydrogen-bond donors (Lipinski definition) is 4. The van der Waals surface area contributed by atoms with Gasteiger partial charge in [0, 0.05) is 19.4 Å². The molecule has 2 aromatic carbocycles. The second kappa shape index (κ2) is 16.9. The smallest absolute Gasteiger partial charge is 0.303 e. The highest BCUT2D eigenvalue weighted by atomic mass is 32.1. The SMILES string of the molecule is Cc1ncsc1-c1ccc(C(C)NC(=O)[C@@H]2C[C@@H](O)CN2C(=O)C(NC(=O)COCCOc2ccc(CCC(=O)O)cc2)C(C)(C)C)cc1. The lowest BCUT2D eigenvalue weighted by atomic mass is 9.85. The van der Waals surface area contributed by atoms with Crippen molar-refractivity contribution in [2.75, 3.05) is 26.4 Å². The van der Waals surface area contributed by atoms with Crippen LogP contribution >= 0.6 is 11.3 Å². The third kappa shape index (κ3) is 10.6. The maximum Gasteiger partial charge on any atom is 0.303 e. The van der Waals surface area contributed by atoms with Crippen LogP contribution in [0, 0.1) is 12.3 Å². The Morgan fingerprint density at radius 2 is 1.73 bits per heavy atom. The molecule has 0 radical (unpaired) electrons. The Labute approximate surface area is 290 Å². The number of nitrogens with zero attached hydrogens (tertiary/aromatic N) is 2.